The lowest BCUT2D eigenvalue weighted by atomic mass is 9.94. The molecule has 0 spiro atoms. The lowest BCUT2D eigenvalue weighted by Gasteiger charge is -2.34. The van der Waals surface area contributed by atoms with Crippen LogP contribution >= 0.6 is 0 Å². The number of amides is 1. The molecule has 0 saturated carbocycles. The zero-order valence-corrected chi connectivity index (χ0v) is 18.8. The summed E-state index contributed by atoms with van der Waals surface area (Å²) in [6.07, 6.45) is 6.95. The highest BCUT2D eigenvalue weighted by atomic mass is 32.2. The molecule has 1 fully saturated rings. The number of carbonyl (C=O) groups is 1. The lowest BCUT2D eigenvalue weighted by Crippen LogP contribution is -2.54. The molecule has 0 unspecified atom stereocenters. The van der Waals surface area contributed by atoms with Crippen molar-refractivity contribution in [3.05, 3.63) is 29.8 Å². The molecule has 1 heterocycles. The Hall–Kier alpha value is -1.88. The number of nitrogens with one attached hydrogen (secondary N) is 1. The number of carbonyl (C=O) groups excluding carboxylic acids is 1. The molecule has 1 saturated heterocycles. The number of nitrogens with zero attached hydrogens (tertiary/aromatic N) is 2. The van der Waals surface area contributed by atoms with Crippen molar-refractivity contribution in [2.45, 2.75) is 56.9 Å². The molecule has 1 aromatic rings. The molecule has 1 N–H and O–H groups in total. The Balaban J connectivity index is 1.94. The summed E-state index contributed by atoms with van der Waals surface area (Å²) in [5.74, 6) is 2.94. The van der Waals surface area contributed by atoms with Crippen molar-refractivity contribution in [1.29, 1.82) is 0 Å². The van der Waals surface area contributed by atoms with Crippen molar-refractivity contribution in [2.75, 3.05) is 32.7 Å². The highest BCUT2D eigenvalue weighted by Gasteiger charge is 2.30. The lowest BCUT2D eigenvalue weighted by molar-refractivity contribution is -0.123. The molecule has 7 heteroatoms. The largest absolute Gasteiger partial charge is 0.339 e. The summed E-state index contributed by atoms with van der Waals surface area (Å²) in [5, 5.41) is 2.96. The van der Waals surface area contributed by atoms with Crippen LogP contribution in [-0.2, 0) is 14.8 Å². The Morgan fingerprint density at radius 2 is 1.69 bits per heavy atom. The molecule has 160 valence electrons. The molecular formula is C22H33N3O3S. The quantitative estimate of drug-likeness (QED) is 0.657. The van der Waals surface area contributed by atoms with Crippen LogP contribution < -0.4 is 5.32 Å². The minimum Gasteiger partial charge on any atom is -0.339 e. The zero-order chi connectivity index (χ0) is 21.7. The number of piperazine rings is 1. The molecule has 0 atom stereocenters. The minimum atomic E-state index is -3.52. The van der Waals surface area contributed by atoms with Crippen LogP contribution in [0.25, 0.3) is 0 Å². The van der Waals surface area contributed by atoms with E-state index in [0.29, 0.717) is 49.8 Å². The maximum Gasteiger partial charge on any atom is 0.243 e. The monoisotopic (exact) mass is 419 g/mol. The van der Waals surface area contributed by atoms with Gasteiger partial charge in [0.05, 0.1) is 11.4 Å². The maximum atomic E-state index is 12.9. The normalized spacial score (nSPS) is 16.6. The zero-order valence-electron chi connectivity index (χ0n) is 17.9. The summed E-state index contributed by atoms with van der Waals surface area (Å²) in [4.78, 5) is 14.7. The Morgan fingerprint density at radius 3 is 2.14 bits per heavy atom. The molecule has 6 nitrogen and oxygen atoms in total. The molecule has 1 aliphatic heterocycles. The average Bonchev–Trinajstić information content (AvgIpc) is 2.72. The van der Waals surface area contributed by atoms with E-state index in [4.69, 9.17) is 6.42 Å². The van der Waals surface area contributed by atoms with E-state index < -0.39 is 15.6 Å². The van der Waals surface area contributed by atoms with E-state index in [1.807, 2.05) is 30.9 Å². The molecule has 1 aromatic carbocycles. The summed E-state index contributed by atoms with van der Waals surface area (Å²) >= 11 is 0. The van der Waals surface area contributed by atoms with Gasteiger partial charge in [-0.2, -0.15) is 4.31 Å². The third-order valence-electron chi connectivity index (χ3n) is 5.75. The number of sulfonamides is 1. The Bertz CT molecular complexity index is 829. The maximum absolute atomic E-state index is 12.9. The molecule has 0 aliphatic carbocycles. The van der Waals surface area contributed by atoms with Crippen LogP contribution in [0.3, 0.4) is 0 Å². The molecule has 1 aliphatic rings. The molecule has 0 aromatic heterocycles. The van der Waals surface area contributed by atoms with Crippen LogP contribution in [0.15, 0.2) is 29.2 Å². The van der Waals surface area contributed by atoms with E-state index in [9.17, 15) is 13.2 Å². The molecule has 29 heavy (non-hydrogen) atoms. The second-order valence-electron chi connectivity index (χ2n) is 7.89. The topological polar surface area (TPSA) is 69.7 Å². The first-order valence-corrected chi connectivity index (χ1v) is 11.7. The third kappa shape index (κ3) is 5.59. The van der Waals surface area contributed by atoms with E-state index in [2.05, 4.69) is 25.1 Å². The van der Waals surface area contributed by atoms with Crippen molar-refractivity contribution in [1.82, 2.24) is 14.5 Å². The second kappa shape index (κ2) is 9.75. The van der Waals surface area contributed by atoms with E-state index >= 15 is 0 Å². The molecule has 1 amide bonds. The van der Waals surface area contributed by atoms with Crippen LogP contribution in [0.4, 0.5) is 0 Å². The van der Waals surface area contributed by atoms with Crippen LogP contribution in [-0.4, -0.2) is 61.8 Å². The average molecular weight is 420 g/mol. The van der Waals surface area contributed by atoms with Gasteiger partial charge in [-0.05, 0) is 36.5 Å². The van der Waals surface area contributed by atoms with Gasteiger partial charge in [0.1, 0.15) is 5.54 Å². The SMILES string of the molecule is C#CC(CC)(CC)NC(=O)CN1CCN(S(=O)(=O)c2ccc(C(C)C)cc2)CC1. The van der Waals surface area contributed by atoms with Crippen LogP contribution in [0.5, 0.6) is 0 Å². The van der Waals surface area contributed by atoms with Crippen molar-refractivity contribution < 1.29 is 13.2 Å². The first kappa shape index (κ1) is 23.4. The first-order valence-electron chi connectivity index (χ1n) is 10.3. The minimum absolute atomic E-state index is 0.118. The number of hydrogen-bond acceptors (Lipinski definition) is 4. The molecular weight excluding hydrogens is 386 g/mol. The van der Waals surface area contributed by atoms with E-state index in [1.54, 1.807) is 12.1 Å². The summed E-state index contributed by atoms with van der Waals surface area (Å²) < 4.78 is 27.3. The van der Waals surface area contributed by atoms with Crippen LogP contribution in [0.2, 0.25) is 0 Å². The van der Waals surface area contributed by atoms with Gasteiger partial charge in [-0.25, -0.2) is 8.42 Å². The van der Waals surface area contributed by atoms with E-state index in [0.717, 1.165) is 5.56 Å². The van der Waals surface area contributed by atoms with E-state index in [-0.39, 0.29) is 12.5 Å². The van der Waals surface area contributed by atoms with Crippen LogP contribution in [0.1, 0.15) is 52.0 Å². The first-order chi connectivity index (χ1) is 13.7. The predicted molar refractivity (Wildman–Crippen MR) is 116 cm³/mol. The smallest absolute Gasteiger partial charge is 0.243 e. The van der Waals surface area contributed by atoms with E-state index in [1.165, 1.54) is 4.31 Å². The van der Waals surface area contributed by atoms with Gasteiger partial charge in [0.25, 0.3) is 0 Å². The molecule has 0 bridgehead atoms. The van der Waals surface area contributed by atoms with Gasteiger partial charge in [-0.3, -0.25) is 9.69 Å². The number of hydrogen-bond donors (Lipinski definition) is 1. The van der Waals surface area contributed by atoms with Gasteiger partial charge in [-0.15, -0.1) is 6.42 Å². The number of terminal acetylenes is 1. The van der Waals surface area contributed by atoms with Gasteiger partial charge in [-0.1, -0.05) is 45.7 Å². The Labute approximate surface area is 175 Å². The highest BCUT2D eigenvalue weighted by molar-refractivity contribution is 7.89. The van der Waals surface area contributed by atoms with Crippen molar-refractivity contribution in [3.63, 3.8) is 0 Å². The Kier molecular flexibility index (Phi) is 7.87. The fourth-order valence-corrected chi connectivity index (χ4v) is 4.90. The van der Waals surface area contributed by atoms with Gasteiger partial charge in [0.15, 0.2) is 0 Å². The van der Waals surface area contributed by atoms with Crippen LogP contribution in [0, 0.1) is 12.3 Å². The van der Waals surface area contributed by atoms with Crippen molar-refractivity contribution in [3.8, 4) is 12.3 Å². The van der Waals surface area contributed by atoms with Gasteiger partial charge >= 0.3 is 0 Å². The highest BCUT2D eigenvalue weighted by Crippen LogP contribution is 2.21. The van der Waals surface area contributed by atoms with Crippen molar-refractivity contribution >= 4 is 15.9 Å². The second-order valence-corrected chi connectivity index (χ2v) is 9.82. The fraction of sp³-hybridized carbons (Fsp3) is 0.591. The summed E-state index contributed by atoms with van der Waals surface area (Å²) in [6, 6.07) is 7.10. The number of rotatable bonds is 8. The van der Waals surface area contributed by atoms with Gasteiger partial charge in [0.2, 0.25) is 15.9 Å². The molecule has 2 rings (SSSR count). The van der Waals surface area contributed by atoms with Gasteiger partial charge in [0, 0.05) is 26.2 Å². The third-order valence-corrected chi connectivity index (χ3v) is 7.66. The summed E-state index contributed by atoms with van der Waals surface area (Å²) in [5.41, 5.74) is 0.506. The summed E-state index contributed by atoms with van der Waals surface area (Å²) in [6.45, 7) is 10.0. The predicted octanol–water partition coefficient (Wildman–Crippen LogP) is 2.42. The summed E-state index contributed by atoms with van der Waals surface area (Å²) in [7, 11) is -3.52. The molecule has 0 radical (unpaired) electrons. The Morgan fingerprint density at radius 1 is 1.14 bits per heavy atom. The fourth-order valence-electron chi connectivity index (χ4n) is 3.48. The van der Waals surface area contributed by atoms with Gasteiger partial charge < -0.3 is 5.32 Å². The number of benzene rings is 1. The van der Waals surface area contributed by atoms with Crippen molar-refractivity contribution in [2.24, 2.45) is 0 Å². The standard InChI is InChI=1S/C22H33N3O3S/c1-6-22(7-2,8-3)23-21(26)17-24-13-15-25(16-14-24)29(27,28)20-11-9-19(10-12-20)18(4)5/h1,9-12,18H,7-8,13-17H2,2-5H3,(H,23,26).